The number of aromatic nitrogens is 2. The van der Waals surface area contributed by atoms with E-state index in [9.17, 15) is 0 Å². The van der Waals surface area contributed by atoms with Crippen molar-refractivity contribution in [3.63, 3.8) is 0 Å². The standard InChI is InChI=1S/C11H16ClN3/c1-2-15(8-9-4-3-5-9)10-6-11(12)14-13-7-10/h6-7,9H,2-5,8H2,1H3. The normalized spacial score (nSPS) is 16.1. The summed E-state index contributed by atoms with van der Waals surface area (Å²) < 4.78 is 0. The molecule has 15 heavy (non-hydrogen) atoms. The molecule has 0 spiro atoms. The molecule has 0 N–H and O–H groups in total. The minimum absolute atomic E-state index is 0.472. The Kier molecular flexibility index (Phi) is 3.41. The minimum Gasteiger partial charge on any atom is -0.370 e. The lowest BCUT2D eigenvalue weighted by Crippen LogP contribution is -2.32. The fourth-order valence-electron chi connectivity index (χ4n) is 1.91. The van der Waals surface area contributed by atoms with Gasteiger partial charge in [-0.1, -0.05) is 18.0 Å². The van der Waals surface area contributed by atoms with Crippen molar-refractivity contribution in [1.29, 1.82) is 0 Å². The van der Waals surface area contributed by atoms with Crippen LogP contribution in [0.25, 0.3) is 0 Å². The van der Waals surface area contributed by atoms with Crippen LogP contribution in [0.2, 0.25) is 5.15 Å². The summed E-state index contributed by atoms with van der Waals surface area (Å²) in [5.74, 6) is 0.858. The second-order valence-corrected chi connectivity index (χ2v) is 4.46. The van der Waals surface area contributed by atoms with E-state index in [1.165, 1.54) is 19.3 Å². The molecule has 82 valence electrons. The molecule has 0 amide bonds. The van der Waals surface area contributed by atoms with Gasteiger partial charge in [-0.15, -0.1) is 5.10 Å². The lowest BCUT2D eigenvalue weighted by molar-refractivity contribution is 0.318. The first-order valence-corrected chi connectivity index (χ1v) is 5.90. The molecule has 1 aromatic heterocycles. The highest BCUT2D eigenvalue weighted by molar-refractivity contribution is 6.29. The fraction of sp³-hybridized carbons (Fsp3) is 0.636. The monoisotopic (exact) mass is 225 g/mol. The van der Waals surface area contributed by atoms with Gasteiger partial charge in [-0.05, 0) is 25.7 Å². The zero-order chi connectivity index (χ0) is 10.7. The molecule has 1 fully saturated rings. The molecule has 0 aliphatic heterocycles. The third kappa shape index (κ3) is 2.59. The van der Waals surface area contributed by atoms with Gasteiger partial charge < -0.3 is 4.90 Å². The third-order valence-electron chi connectivity index (χ3n) is 3.06. The molecule has 0 saturated heterocycles. The average molecular weight is 226 g/mol. The summed E-state index contributed by atoms with van der Waals surface area (Å²) in [5, 5.41) is 8.11. The lowest BCUT2D eigenvalue weighted by Gasteiger charge is -2.32. The van der Waals surface area contributed by atoms with E-state index in [0.29, 0.717) is 5.15 Å². The van der Waals surface area contributed by atoms with Crippen LogP contribution in [0.15, 0.2) is 12.3 Å². The summed E-state index contributed by atoms with van der Waals surface area (Å²) in [6.45, 7) is 4.28. The molecular weight excluding hydrogens is 210 g/mol. The van der Waals surface area contributed by atoms with Crippen LogP contribution in [0.3, 0.4) is 0 Å². The highest BCUT2D eigenvalue weighted by Gasteiger charge is 2.20. The molecule has 0 bridgehead atoms. The van der Waals surface area contributed by atoms with E-state index in [1.54, 1.807) is 6.20 Å². The van der Waals surface area contributed by atoms with Gasteiger partial charge in [0.15, 0.2) is 5.15 Å². The van der Waals surface area contributed by atoms with E-state index < -0.39 is 0 Å². The number of hydrogen-bond acceptors (Lipinski definition) is 3. The summed E-state index contributed by atoms with van der Waals surface area (Å²) >= 11 is 5.83. The van der Waals surface area contributed by atoms with Crippen LogP contribution in [-0.4, -0.2) is 23.3 Å². The van der Waals surface area contributed by atoms with E-state index in [4.69, 9.17) is 11.6 Å². The van der Waals surface area contributed by atoms with Crippen LogP contribution in [0.4, 0.5) is 5.69 Å². The third-order valence-corrected chi connectivity index (χ3v) is 3.25. The van der Waals surface area contributed by atoms with Crippen molar-refractivity contribution in [1.82, 2.24) is 10.2 Å². The van der Waals surface area contributed by atoms with Crippen LogP contribution < -0.4 is 4.90 Å². The van der Waals surface area contributed by atoms with Crippen molar-refractivity contribution in [2.24, 2.45) is 5.92 Å². The molecule has 2 rings (SSSR count). The van der Waals surface area contributed by atoms with E-state index in [1.807, 2.05) is 6.07 Å². The predicted octanol–water partition coefficient (Wildman–Crippen LogP) is 2.76. The van der Waals surface area contributed by atoms with Crippen LogP contribution in [0.5, 0.6) is 0 Å². The second kappa shape index (κ2) is 4.79. The minimum atomic E-state index is 0.472. The van der Waals surface area contributed by atoms with Crippen molar-refractivity contribution in [2.45, 2.75) is 26.2 Å². The Balaban J connectivity index is 2.04. The van der Waals surface area contributed by atoms with Gasteiger partial charge in [0.2, 0.25) is 0 Å². The summed E-state index contributed by atoms with van der Waals surface area (Å²) in [6.07, 6.45) is 5.90. The predicted molar refractivity (Wildman–Crippen MR) is 62.3 cm³/mol. The molecule has 0 aromatic carbocycles. The van der Waals surface area contributed by atoms with Gasteiger partial charge >= 0.3 is 0 Å². The Morgan fingerprint density at radius 2 is 2.33 bits per heavy atom. The molecule has 3 nitrogen and oxygen atoms in total. The zero-order valence-electron chi connectivity index (χ0n) is 8.99. The first kappa shape index (κ1) is 10.7. The summed E-state index contributed by atoms with van der Waals surface area (Å²) in [4.78, 5) is 2.32. The van der Waals surface area contributed by atoms with E-state index in [2.05, 4.69) is 22.0 Å². The van der Waals surface area contributed by atoms with Gasteiger partial charge in [-0.3, -0.25) is 0 Å². The molecule has 0 radical (unpaired) electrons. The zero-order valence-corrected chi connectivity index (χ0v) is 9.74. The SMILES string of the molecule is CCN(CC1CCC1)c1cnnc(Cl)c1. The number of nitrogens with zero attached hydrogens (tertiary/aromatic N) is 3. The Morgan fingerprint density at radius 1 is 1.53 bits per heavy atom. The molecule has 4 heteroatoms. The first-order chi connectivity index (χ1) is 7.29. The number of hydrogen-bond donors (Lipinski definition) is 0. The van der Waals surface area contributed by atoms with Gasteiger partial charge in [0.25, 0.3) is 0 Å². The molecule has 1 aliphatic rings. The van der Waals surface area contributed by atoms with Crippen molar-refractivity contribution in [3.8, 4) is 0 Å². The molecule has 0 atom stereocenters. The quantitative estimate of drug-likeness (QED) is 0.789. The van der Waals surface area contributed by atoms with Crippen LogP contribution in [0, 0.1) is 5.92 Å². The maximum atomic E-state index is 5.83. The van der Waals surface area contributed by atoms with Gasteiger partial charge in [-0.25, -0.2) is 0 Å². The first-order valence-electron chi connectivity index (χ1n) is 5.52. The van der Waals surface area contributed by atoms with Gasteiger partial charge in [-0.2, -0.15) is 5.10 Å². The largest absolute Gasteiger partial charge is 0.370 e. The lowest BCUT2D eigenvalue weighted by atomic mass is 9.85. The Bertz CT molecular complexity index is 325. The van der Waals surface area contributed by atoms with Crippen molar-refractivity contribution >= 4 is 17.3 Å². The average Bonchev–Trinajstić information content (AvgIpc) is 2.16. The second-order valence-electron chi connectivity index (χ2n) is 4.07. The molecule has 1 aliphatic carbocycles. The van der Waals surface area contributed by atoms with Gasteiger partial charge in [0.05, 0.1) is 11.9 Å². The number of rotatable bonds is 4. The maximum Gasteiger partial charge on any atom is 0.153 e. The van der Waals surface area contributed by atoms with Crippen molar-refractivity contribution in [3.05, 3.63) is 17.4 Å². The number of anilines is 1. The molecule has 1 heterocycles. The van der Waals surface area contributed by atoms with Crippen LogP contribution >= 0.6 is 11.6 Å². The van der Waals surface area contributed by atoms with Crippen molar-refractivity contribution in [2.75, 3.05) is 18.0 Å². The topological polar surface area (TPSA) is 29.0 Å². The molecule has 1 aromatic rings. The molecular formula is C11H16ClN3. The highest BCUT2D eigenvalue weighted by atomic mass is 35.5. The highest BCUT2D eigenvalue weighted by Crippen LogP contribution is 2.28. The smallest absolute Gasteiger partial charge is 0.153 e. The Labute approximate surface area is 95.5 Å². The number of halogens is 1. The van der Waals surface area contributed by atoms with E-state index in [0.717, 1.165) is 24.7 Å². The summed E-state index contributed by atoms with van der Waals surface area (Å²) in [7, 11) is 0. The fourth-order valence-corrected chi connectivity index (χ4v) is 2.06. The summed E-state index contributed by atoms with van der Waals surface area (Å²) in [5.41, 5.74) is 1.09. The van der Waals surface area contributed by atoms with Crippen LogP contribution in [-0.2, 0) is 0 Å². The van der Waals surface area contributed by atoms with E-state index >= 15 is 0 Å². The van der Waals surface area contributed by atoms with Gasteiger partial charge in [0.1, 0.15) is 0 Å². The Hall–Kier alpha value is -0.830. The maximum absolute atomic E-state index is 5.83. The van der Waals surface area contributed by atoms with Crippen LogP contribution in [0.1, 0.15) is 26.2 Å². The van der Waals surface area contributed by atoms with Crippen molar-refractivity contribution < 1.29 is 0 Å². The summed E-state index contributed by atoms with van der Waals surface area (Å²) in [6, 6.07) is 1.89. The molecule has 0 unspecified atom stereocenters. The van der Waals surface area contributed by atoms with Gasteiger partial charge in [0, 0.05) is 19.2 Å². The van der Waals surface area contributed by atoms with E-state index in [-0.39, 0.29) is 0 Å². The molecule has 1 saturated carbocycles. The Morgan fingerprint density at radius 3 is 2.87 bits per heavy atom.